The summed E-state index contributed by atoms with van der Waals surface area (Å²) in [5, 5.41) is 0. The number of hydrogen-bond acceptors (Lipinski definition) is 1. The van der Waals surface area contributed by atoms with Gasteiger partial charge in [-0.05, 0) is 55.1 Å². The van der Waals surface area contributed by atoms with Gasteiger partial charge in [-0.3, -0.25) is 0 Å². The molecule has 2 fully saturated rings. The second-order valence-corrected chi connectivity index (χ2v) is 11.1. The van der Waals surface area contributed by atoms with Crippen molar-refractivity contribution in [2.24, 2.45) is 11.8 Å². The van der Waals surface area contributed by atoms with Gasteiger partial charge in [-0.1, -0.05) is 50.3 Å². The first kappa shape index (κ1) is 20.7. The van der Waals surface area contributed by atoms with Gasteiger partial charge in [-0.25, -0.2) is 4.39 Å². The predicted octanol–water partition coefficient (Wildman–Crippen LogP) is 6.43. The first-order chi connectivity index (χ1) is 13.0. The van der Waals surface area contributed by atoms with Crippen LogP contribution in [0.2, 0.25) is 11.6 Å². The second-order valence-electron chi connectivity index (χ2n) is 8.34. The van der Waals surface area contributed by atoms with Crippen LogP contribution >= 0.6 is 0 Å². The molecule has 0 aliphatic heterocycles. The van der Waals surface area contributed by atoms with Gasteiger partial charge >= 0.3 is 6.61 Å². The van der Waals surface area contributed by atoms with Crippen LogP contribution in [0, 0.1) is 23.5 Å². The largest absolute Gasteiger partial charge is 0.432 e. The molecular weight excluding hydrogens is 372 g/mol. The first-order valence-electron chi connectivity index (χ1n) is 10.4. The van der Waals surface area contributed by atoms with Crippen molar-refractivity contribution in [1.29, 1.82) is 0 Å². The monoisotopic (exact) mass is 402 g/mol. The van der Waals surface area contributed by atoms with Crippen molar-refractivity contribution in [2.45, 2.75) is 82.4 Å². The van der Waals surface area contributed by atoms with Crippen LogP contribution in [0.25, 0.3) is 0 Å². The lowest BCUT2D eigenvalue weighted by molar-refractivity contribution is -0.0525. The molecule has 0 bridgehead atoms. The standard InChI is InChI=1S/C21H30F4OSi/c1-2-27-16-9-7-14(8-10-16)13-3-5-15(6-4-13)17-11-12-18(26-21(24)25)20(23)19(17)22/h11-16,21H,2-10,27H2,1H3/t13?,14-,15?,16-. The zero-order valence-electron chi connectivity index (χ0n) is 16.0. The summed E-state index contributed by atoms with van der Waals surface area (Å²) in [4.78, 5) is 0. The summed E-state index contributed by atoms with van der Waals surface area (Å²) in [5.74, 6) is -1.56. The molecule has 0 heterocycles. The molecule has 0 saturated heterocycles. The molecule has 6 heteroatoms. The Morgan fingerprint density at radius 3 is 2.07 bits per heavy atom. The lowest BCUT2D eigenvalue weighted by Gasteiger charge is -2.38. The molecule has 2 aliphatic rings. The van der Waals surface area contributed by atoms with E-state index in [1.54, 1.807) is 0 Å². The summed E-state index contributed by atoms with van der Waals surface area (Å²) < 4.78 is 57.0. The van der Waals surface area contributed by atoms with Crippen LogP contribution in [0.4, 0.5) is 17.6 Å². The third-order valence-electron chi connectivity index (χ3n) is 6.76. The summed E-state index contributed by atoms with van der Waals surface area (Å²) >= 11 is 0. The molecule has 2 saturated carbocycles. The van der Waals surface area contributed by atoms with Crippen LogP contribution in [0.3, 0.4) is 0 Å². The van der Waals surface area contributed by atoms with Gasteiger partial charge in [-0.2, -0.15) is 13.2 Å². The Kier molecular flexibility index (Phi) is 7.23. The molecule has 0 amide bonds. The Labute approximate surface area is 161 Å². The molecular formula is C21H30F4OSi. The lowest BCUT2D eigenvalue weighted by Crippen LogP contribution is -2.25. The zero-order chi connectivity index (χ0) is 19.4. The van der Waals surface area contributed by atoms with Crippen molar-refractivity contribution in [2.75, 3.05) is 0 Å². The Morgan fingerprint density at radius 2 is 1.52 bits per heavy atom. The van der Waals surface area contributed by atoms with E-state index in [1.165, 1.54) is 37.8 Å². The molecule has 3 rings (SSSR count). The topological polar surface area (TPSA) is 9.23 Å². The quantitative estimate of drug-likeness (QED) is 0.394. The molecule has 1 aromatic carbocycles. The van der Waals surface area contributed by atoms with Crippen LogP contribution in [0.15, 0.2) is 12.1 Å². The van der Waals surface area contributed by atoms with Gasteiger partial charge in [0.2, 0.25) is 5.82 Å². The van der Waals surface area contributed by atoms with Crippen LogP contribution in [0.1, 0.15) is 69.8 Å². The van der Waals surface area contributed by atoms with Gasteiger partial charge in [-0.15, -0.1) is 0 Å². The van der Waals surface area contributed by atoms with Crippen LogP contribution in [-0.4, -0.2) is 16.1 Å². The molecule has 2 aliphatic carbocycles. The molecule has 1 aromatic rings. The maximum absolute atomic E-state index is 14.4. The van der Waals surface area contributed by atoms with Crippen molar-refractivity contribution in [3.05, 3.63) is 29.3 Å². The number of halogens is 4. The number of benzene rings is 1. The Hall–Kier alpha value is -1.04. The molecule has 0 N–H and O–H groups in total. The fourth-order valence-electron chi connectivity index (χ4n) is 5.31. The lowest BCUT2D eigenvalue weighted by atomic mass is 9.70. The van der Waals surface area contributed by atoms with Gasteiger partial charge < -0.3 is 4.74 Å². The van der Waals surface area contributed by atoms with E-state index in [0.717, 1.165) is 43.2 Å². The summed E-state index contributed by atoms with van der Waals surface area (Å²) in [6.07, 6.45) is 9.29. The Bertz CT molecular complexity index is 608. The molecule has 152 valence electrons. The minimum Gasteiger partial charge on any atom is -0.432 e. The van der Waals surface area contributed by atoms with E-state index in [4.69, 9.17) is 0 Å². The number of alkyl halides is 2. The molecule has 27 heavy (non-hydrogen) atoms. The SMILES string of the molecule is CC[SiH2][C@H]1CC[C@H](C2CCC(c3ccc(OC(F)F)c(F)c3F)CC2)CC1. The summed E-state index contributed by atoms with van der Waals surface area (Å²) in [6.45, 7) is -0.844. The molecule has 0 unspecified atom stereocenters. The zero-order valence-corrected chi connectivity index (χ0v) is 17.4. The van der Waals surface area contributed by atoms with Gasteiger partial charge in [0.25, 0.3) is 0 Å². The van der Waals surface area contributed by atoms with Gasteiger partial charge in [0.15, 0.2) is 11.6 Å². The highest BCUT2D eigenvalue weighted by molar-refractivity contribution is 6.37. The highest BCUT2D eigenvalue weighted by Crippen LogP contribution is 2.45. The average molecular weight is 403 g/mol. The summed E-state index contributed by atoms with van der Waals surface area (Å²) in [5.41, 5.74) is 1.35. The molecule has 0 radical (unpaired) electrons. The van der Waals surface area contributed by atoms with E-state index in [-0.39, 0.29) is 15.4 Å². The maximum atomic E-state index is 14.4. The predicted molar refractivity (Wildman–Crippen MR) is 102 cm³/mol. The van der Waals surface area contributed by atoms with Crippen molar-refractivity contribution in [1.82, 2.24) is 0 Å². The normalized spacial score (nSPS) is 29.6. The third kappa shape index (κ3) is 5.07. The third-order valence-corrected chi connectivity index (χ3v) is 8.97. The van der Waals surface area contributed by atoms with Crippen LogP contribution < -0.4 is 4.74 Å². The molecule has 1 nitrogen and oxygen atoms in total. The minimum absolute atomic E-state index is 0.0276. The number of ether oxygens (including phenoxy) is 1. The van der Waals surface area contributed by atoms with E-state index in [1.807, 2.05) is 0 Å². The van der Waals surface area contributed by atoms with E-state index in [2.05, 4.69) is 11.7 Å². The van der Waals surface area contributed by atoms with Gasteiger partial charge in [0.05, 0.1) is 0 Å². The van der Waals surface area contributed by atoms with Crippen molar-refractivity contribution < 1.29 is 22.3 Å². The number of hydrogen-bond donors (Lipinski definition) is 0. The average Bonchev–Trinajstić information content (AvgIpc) is 2.67. The van der Waals surface area contributed by atoms with E-state index in [0.29, 0.717) is 11.5 Å². The number of rotatable bonds is 6. The molecule has 0 aromatic heterocycles. The van der Waals surface area contributed by atoms with E-state index in [9.17, 15) is 17.6 Å². The van der Waals surface area contributed by atoms with Crippen molar-refractivity contribution in [3.8, 4) is 5.75 Å². The summed E-state index contributed by atoms with van der Waals surface area (Å²) in [7, 11) is 0.128. The minimum atomic E-state index is -3.16. The van der Waals surface area contributed by atoms with E-state index >= 15 is 0 Å². The molecule has 0 atom stereocenters. The Morgan fingerprint density at radius 1 is 0.926 bits per heavy atom. The van der Waals surface area contributed by atoms with Crippen molar-refractivity contribution in [3.63, 3.8) is 0 Å². The highest BCUT2D eigenvalue weighted by Gasteiger charge is 2.32. The first-order valence-corrected chi connectivity index (χ1v) is 12.2. The maximum Gasteiger partial charge on any atom is 0.387 e. The van der Waals surface area contributed by atoms with Crippen molar-refractivity contribution >= 4 is 9.52 Å². The van der Waals surface area contributed by atoms with Crippen LogP contribution in [-0.2, 0) is 0 Å². The van der Waals surface area contributed by atoms with E-state index < -0.39 is 24.0 Å². The van der Waals surface area contributed by atoms with Gasteiger partial charge in [0, 0.05) is 9.52 Å². The second kappa shape index (κ2) is 9.44. The highest BCUT2D eigenvalue weighted by atomic mass is 28.2. The molecule has 0 spiro atoms. The van der Waals surface area contributed by atoms with Crippen LogP contribution in [0.5, 0.6) is 5.75 Å². The smallest absolute Gasteiger partial charge is 0.387 e. The summed E-state index contributed by atoms with van der Waals surface area (Å²) in [6, 6.07) is 3.95. The Balaban J connectivity index is 1.56. The van der Waals surface area contributed by atoms with Gasteiger partial charge in [0.1, 0.15) is 0 Å². The fraction of sp³-hybridized carbons (Fsp3) is 0.714. The fourth-order valence-corrected chi connectivity index (χ4v) is 7.17.